The fraction of sp³-hybridized carbons (Fsp3) is 0.900. The molecule has 1 aliphatic carbocycles. The van der Waals surface area contributed by atoms with Gasteiger partial charge in [0.2, 0.25) is 5.91 Å². The number of hydrogen-bond acceptors (Lipinski definition) is 2. The Morgan fingerprint density at radius 2 is 1.85 bits per heavy atom. The molecule has 2 fully saturated rings. The number of likely N-dealkylation sites (N-methyl/N-ethyl adjacent to an activating group) is 1. The van der Waals surface area contributed by atoms with Crippen molar-refractivity contribution in [2.45, 2.75) is 19.3 Å². The summed E-state index contributed by atoms with van der Waals surface area (Å²) < 4.78 is 0. The number of rotatable bonds is 2. The number of hydrogen-bond donors (Lipinski definition) is 0. The molecular weight excluding hydrogens is 164 g/mol. The summed E-state index contributed by atoms with van der Waals surface area (Å²) in [5.74, 6) is 1.11. The lowest BCUT2D eigenvalue weighted by atomic mass is 10.2. The second kappa shape index (κ2) is 3.66. The lowest BCUT2D eigenvalue weighted by Gasteiger charge is -2.32. The average molecular weight is 182 g/mol. The lowest BCUT2D eigenvalue weighted by molar-refractivity contribution is -0.133. The van der Waals surface area contributed by atoms with E-state index in [1.165, 1.54) is 12.8 Å². The molecule has 1 saturated heterocycles. The second-order valence-electron chi connectivity index (χ2n) is 4.33. The standard InChI is InChI=1S/C10H18N2O/c1-11-4-6-12(7-5-11)10(13)8-9-2-3-9/h9H,2-8H2,1H3. The van der Waals surface area contributed by atoms with Crippen molar-refractivity contribution in [3.05, 3.63) is 0 Å². The van der Waals surface area contributed by atoms with Crippen molar-refractivity contribution in [3.8, 4) is 0 Å². The molecule has 13 heavy (non-hydrogen) atoms. The van der Waals surface area contributed by atoms with E-state index in [1.807, 2.05) is 4.90 Å². The van der Waals surface area contributed by atoms with Crippen LogP contribution < -0.4 is 0 Å². The summed E-state index contributed by atoms with van der Waals surface area (Å²) in [6, 6.07) is 0. The first-order valence-corrected chi connectivity index (χ1v) is 5.22. The van der Waals surface area contributed by atoms with Crippen molar-refractivity contribution >= 4 is 5.91 Å². The van der Waals surface area contributed by atoms with Crippen molar-refractivity contribution in [3.63, 3.8) is 0 Å². The van der Waals surface area contributed by atoms with E-state index in [-0.39, 0.29) is 0 Å². The Hall–Kier alpha value is -0.570. The maximum atomic E-state index is 11.7. The van der Waals surface area contributed by atoms with Gasteiger partial charge in [-0.1, -0.05) is 0 Å². The third kappa shape index (κ3) is 2.44. The van der Waals surface area contributed by atoms with Crippen LogP contribution in [0.2, 0.25) is 0 Å². The zero-order valence-corrected chi connectivity index (χ0v) is 8.33. The molecule has 0 aromatic heterocycles. The normalized spacial score (nSPS) is 24.8. The highest BCUT2D eigenvalue weighted by Crippen LogP contribution is 2.32. The minimum absolute atomic E-state index is 0.385. The highest BCUT2D eigenvalue weighted by molar-refractivity contribution is 5.76. The topological polar surface area (TPSA) is 23.6 Å². The quantitative estimate of drug-likeness (QED) is 0.623. The molecular formula is C10H18N2O. The number of nitrogens with zero attached hydrogens (tertiary/aromatic N) is 2. The molecule has 0 spiro atoms. The fourth-order valence-electron chi connectivity index (χ4n) is 1.75. The van der Waals surface area contributed by atoms with Crippen molar-refractivity contribution in [2.24, 2.45) is 5.92 Å². The van der Waals surface area contributed by atoms with E-state index < -0.39 is 0 Å². The fourth-order valence-corrected chi connectivity index (χ4v) is 1.75. The van der Waals surface area contributed by atoms with Crippen LogP contribution in [-0.2, 0) is 4.79 Å². The van der Waals surface area contributed by atoms with Crippen LogP contribution in [0.1, 0.15) is 19.3 Å². The van der Waals surface area contributed by atoms with Crippen LogP contribution in [-0.4, -0.2) is 48.9 Å². The summed E-state index contributed by atoms with van der Waals surface area (Å²) in [5.41, 5.74) is 0. The van der Waals surface area contributed by atoms with Gasteiger partial charge in [0.25, 0.3) is 0 Å². The summed E-state index contributed by atoms with van der Waals surface area (Å²) in [5, 5.41) is 0. The number of carbonyl (C=O) groups is 1. The van der Waals surface area contributed by atoms with E-state index in [2.05, 4.69) is 11.9 Å². The Labute approximate surface area is 79.7 Å². The Balaban J connectivity index is 1.75. The molecule has 2 aliphatic rings. The highest BCUT2D eigenvalue weighted by atomic mass is 16.2. The Kier molecular flexibility index (Phi) is 2.54. The summed E-state index contributed by atoms with van der Waals surface area (Å²) >= 11 is 0. The number of carbonyl (C=O) groups excluding carboxylic acids is 1. The smallest absolute Gasteiger partial charge is 0.222 e. The molecule has 3 nitrogen and oxygen atoms in total. The predicted octanol–water partition coefficient (Wildman–Crippen LogP) is 0.560. The third-order valence-electron chi connectivity index (χ3n) is 3.02. The van der Waals surface area contributed by atoms with E-state index in [4.69, 9.17) is 0 Å². The maximum absolute atomic E-state index is 11.7. The zero-order chi connectivity index (χ0) is 9.26. The Morgan fingerprint density at radius 3 is 2.38 bits per heavy atom. The molecule has 0 radical (unpaired) electrons. The minimum Gasteiger partial charge on any atom is -0.340 e. The Bertz CT molecular complexity index is 193. The molecule has 0 aromatic carbocycles. The minimum atomic E-state index is 0.385. The molecule has 1 amide bonds. The first kappa shape index (κ1) is 9.00. The van der Waals surface area contributed by atoms with E-state index in [0.717, 1.165) is 38.5 Å². The van der Waals surface area contributed by atoms with Gasteiger partial charge in [-0.25, -0.2) is 0 Å². The molecule has 0 atom stereocenters. The summed E-state index contributed by atoms with van der Waals surface area (Å²) in [4.78, 5) is 16.0. The van der Waals surface area contributed by atoms with Crippen LogP contribution in [0.25, 0.3) is 0 Å². The Morgan fingerprint density at radius 1 is 1.23 bits per heavy atom. The molecule has 0 N–H and O–H groups in total. The molecule has 3 heteroatoms. The van der Waals surface area contributed by atoms with E-state index in [0.29, 0.717) is 5.91 Å². The van der Waals surface area contributed by atoms with Gasteiger partial charge in [-0.2, -0.15) is 0 Å². The van der Waals surface area contributed by atoms with Gasteiger partial charge in [0.15, 0.2) is 0 Å². The summed E-state index contributed by atoms with van der Waals surface area (Å²) in [6.07, 6.45) is 3.36. The first-order chi connectivity index (χ1) is 6.25. The van der Waals surface area contributed by atoms with Crippen LogP contribution in [0, 0.1) is 5.92 Å². The van der Waals surface area contributed by atoms with Crippen molar-refractivity contribution in [1.82, 2.24) is 9.80 Å². The van der Waals surface area contributed by atoms with Gasteiger partial charge in [-0.05, 0) is 25.8 Å². The molecule has 74 valence electrons. The molecule has 0 bridgehead atoms. The SMILES string of the molecule is CN1CCN(C(=O)CC2CC2)CC1. The van der Waals surface area contributed by atoms with E-state index in [9.17, 15) is 4.79 Å². The van der Waals surface area contributed by atoms with E-state index >= 15 is 0 Å². The van der Waals surface area contributed by atoms with Gasteiger partial charge in [0, 0.05) is 32.6 Å². The summed E-state index contributed by atoms with van der Waals surface area (Å²) in [6.45, 7) is 3.94. The summed E-state index contributed by atoms with van der Waals surface area (Å²) in [7, 11) is 2.11. The van der Waals surface area contributed by atoms with Gasteiger partial charge in [0.05, 0.1) is 0 Å². The third-order valence-corrected chi connectivity index (χ3v) is 3.02. The largest absolute Gasteiger partial charge is 0.340 e. The second-order valence-corrected chi connectivity index (χ2v) is 4.33. The zero-order valence-electron chi connectivity index (χ0n) is 8.33. The van der Waals surface area contributed by atoms with Crippen molar-refractivity contribution < 1.29 is 4.79 Å². The first-order valence-electron chi connectivity index (χ1n) is 5.22. The van der Waals surface area contributed by atoms with Crippen LogP contribution in [0.4, 0.5) is 0 Å². The average Bonchev–Trinajstić information content (AvgIpc) is 2.89. The molecule has 1 saturated carbocycles. The van der Waals surface area contributed by atoms with Crippen LogP contribution in [0.3, 0.4) is 0 Å². The molecule has 1 heterocycles. The number of piperazine rings is 1. The van der Waals surface area contributed by atoms with Crippen LogP contribution in [0.5, 0.6) is 0 Å². The predicted molar refractivity (Wildman–Crippen MR) is 51.4 cm³/mol. The molecule has 2 rings (SSSR count). The highest BCUT2D eigenvalue weighted by Gasteiger charge is 2.27. The van der Waals surface area contributed by atoms with Crippen LogP contribution >= 0.6 is 0 Å². The molecule has 0 unspecified atom stereocenters. The maximum Gasteiger partial charge on any atom is 0.222 e. The van der Waals surface area contributed by atoms with Gasteiger partial charge >= 0.3 is 0 Å². The monoisotopic (exact) mass is 182 g/mol. The van der Waals surface area contributed by atoms with Gasteiger partial charge in [0.1, 0.15) is 0 Å². The van der Waals surface area contributed by atoms with Gasteiger partial charge in [-0.15, -0.1) is 0 Å². The molecule has 1 aliphatic heterocycles. The van der Waals surface area contributed by atoms with Crippen molar-refractivity contribution in [1.29, 1.82) is 0 Å². The van der Waals surface area contributed by atoms with Crippen molar-refractivity contribution in [2.75, 3.05) is 33.2 Å². The molecule has 0 aromatic rings. The van der Waals surface area contributed by atoms with E-state index in [1.54, 1.807) is 0 Å². The van der Waals surface area contributed by atoms with Crippen LogP contribution in [0.15, 0.2) is 0 Å². The lowest BCUT2D eigenvalue weighted by Crippen LogP contribution is -2.47. The van der Waals surface area contributed by atoms with Gasteiger partial charge < -0.3 is 9.80 Å². The number of amides is 1. The van der Waals surface area contributed by atoms with Gasteiger partial charge in [-0.3, -0.25) is 4.79 Å².